The third kappa shape index (κ3) is 3.50. The zero-order chi connectivity index (χ0) is 9.68. The average molecular weight is 199 g/mol. The lowest BCUT2D eigenvalue weighted by atomic mass is 10.1. The van der Waals surface area contributed by atoms with Gasteiger partial charge in [-0.3, -0.25) is 9.11 Å². The first-order chi connectivity index (χ1) is 6.24. The Morgan fingerprint density at radius 1 is 1.46 bits per heavy atom. The highest BCUT2D eigenvalue weighted by Crippen LogP contribution is 2.13. The molecule has 74 valence electrons. The largest absolute Gasteiger partial charge is 0.292 e. The van der Waals surface area contributed by atoms with Crippen molar-refractivity contribution < 1.29 is 4.21 Å². The molecule has 3 heteroatoms. The minimum absolute atomic E-state index is 0.546. The van der Waals surface area contributed by atoms with E-state index in [0.717, 1.165) is 30.9 Å². The van der Waals surface area contributed by atoms with Gasteiger partial charge in [-0.15, -0.1) is 5.92 Å². The smallest absolute Gasteiger partial charge is 0.0601 e. The van der Waals surface area contributed by atoms with Gasteiger partial charge < -0.3 is 0 Å². The van der Waals surface area contributed by atoms with Crippen molar-refractivity contribution in [2.45, 2.75) is 25.8 Å². The molecule has 13 heavy (non-hydrogen) atoms. The Hall–Kier alpha value is -0.330. The van der Waals surface area contributed by atoms with Crippen LogP contribution < -0.4 is 0 Å². The van der Waals surface area contributed by atoms with Crippen LogP contribution in [0, 0.1) is 11.8 Å². The molecule has 1 saturated heterocycles. The van der Waals surface area contributed by atoms with E-state index in [1.807, 2.05) is 6.92 Å². The van der Waals surface area contributed by atoms with Gasteiger partial charge >= 0.3 is 0 Å². The highest BCUT2D eigenvalue weighted by Gasteiger charge is 2.20. The van der Waals surface area contributed by atoms with Gasteiger partial charge in [-0.2, -0.15) is 0 Å². The normalized spacial score (nSPS) is 28.2. The van der Waals surface area contributed by atoms with Crippen LogP contribution in [0.25, 0.3) is 0 Å². The van der Waals surface area contributed by atoms with E-state index in [1.54, 1.807) is 0 Å². The quantitative estimate of drug-likeness (QED) is 0.615. The summed E-state index contributed by atoms with van der Waals surface area (Å²) < 4.78 is 11.1. The third-order valence-electron chi connectivity index (χ3n) is 2.49. The zero-order valence-electron chi connectivity index (χ0n) is 8.38. The summed E-state index contributed by atoms with van der Waals surface area (Å²) in [4.78, 5) is 2.27. The summed E-state index contributed by atoms with van der Waals surface area (Å²) >= 11 is 0. The summed E-state index contributed by atoms with van der Waals surface area (Å²) in [5.74, 6) is 7.69. The lowest BCUT2D eigenvalue weighted by molar-refractivity contribution is 0.254. The van der Waals surface area contributed by atoms with Crippen LogP contribution >= 0.6 is 0 Å². The molecule has 2 nitrogen and oxygen atoms in total. The lowest BCUT2D eigenvalue weighted by Crippen LogP contribution is -2.37. The van der Waals surface area contributed by atoms with Crippen molar-refractivity contribution in [3.63, 3.8) is 0 Å². The molecular weight excluding hydrogens is 182 g/mol. The van der Waals surface area contributed by atoms with Gasteiger partial charge in [-0.05, 0) is 26.8 Å². The Morgan fingerprint density at radius 3 is 2.62 bits per heavy atom. The molecule has 0 radical (unpaired) electrons. The Bertz CT molecular complexity index is 231. The molecule has 0 aromatic carbocycles. The second-order valence-corrected chi connectivity index (χ2v) is 5.12. The molecule has 0 aromatic heterocycles. The molecule has 0 amide bonds. The standard InChI is InChI=1S/C10H17NOS/c1-3-4-7-11(2)10-5-8-13(12)9-6-10/h10H,5-9H2,1-2H3. The van der Waals surface area contributed by atoms with Crippen molar-refractivity contribution in [2.75, 3.05) is 25.1 Å². The van der Waals surface area contributed by atoms with Crippen molar-refractivity contribution in [2.24, 2.45) is 0 Å². The van der Waals surface area contributed by atoms with E-state index in [4.69, 9.17) is 0 Å². The summed E-state index contributed by atoms with van der Waals surface area (Å²) in [6.45, 7) is 2.71. The predicted molar refractivity (Wildman–Crippen MR) is 57.0 cm³/mol. The Balaban J connectivity index is 2.33. The maximum absolute atomic E-state index is 11.1. The second-order valence-electron chi connectivity index (χ2n) is 3.42. The topological polar surface area (TPSA) is 20.3 Å². The maximum atomic E-state index is 11.1. The number of hydrogen-bond acceptors (Lipinski definition) is 2. The van der Waals surface area contributed by atoms with Crippen molar-refractivity contribution in [3.05, 3.63) is 0 Å². The first-order valence-electron chi connectivity index (χ1n) is 4.69. The fraction of sp³-hybridized carbons (Fsp3) is 0.800. The second kappa shape index (κ2) is 5.41. The molecule has 1 aliphatic heterocycles. The first-order valence-corrected chi connectivity index (χ1v) is 6.17. The van der Waals surface area contributed by atoms with Crippen LogP contribution in [0.15, 0.2) is 0 Å². The molecule has 0 aromatic rings. The molecule has 0 saturated carbocycles. The number of nitrogens with zero attached hydrogens (tertiary/aromatic N) is 1. The third-order valence-corrected chi connectivity index (χ3v) is 3.87. The van der Waals surface area contributed by atoms with E-state index >= 15 is 0 Å². The van der Waals surface area contributed by atoms with Crippen LogP contribution in [0.3, 0.4) is 0 Å². The molecule has 0 atom stereocenters. The van der Waals surface area contributed by atoms with Gasteiger partial charge in [0.05, 0.1) is 6.54 Å². The number of rotatable bonds is 2. The highest BCUT2D eigenvalue weighted by molar-refractivity contribution is 7.85. The van der Waals surface area contributed by atoms with Crippen LogP contribution in [0.5, 0.6) is 0 Å². The summed E-state index contributed by atoms with van der Waals surface area (Å²) in [6, 6.07) is 0.596. The van der Waals surface area contributed by atoms with E-state index in [-0.39, 0.29) is 0 Å². The summed E-state index contributed by atoms with van der Waals surface area (Å²) in [5, 5.41) is 0. The van der Waals surface area contributed by atoms with Gasteiger partial charge in [0.2, 0.25) is 0 Å². The monoisotopic (exact) mass is 199 g/mol. The predicted octanol–water partition coefficient (Wildman–Crippen LogP) is 0.853. The number of hydrogen-bond donors (Lipinski definition) is 0. The molecule has 0 aliphatic carbocycles. The van der Waals surface area contributed by atoms with Crippen LogP contribution in [-0.2, 0) is 10.8 Å². The molecule has 1 heterocycles. The Kier molecular flexibility index (Phi) is 4.47. The van der Waals surface area contributed by atoms with E-state index < -0.39 is 10.8 Å². The Morgan fingerprint density at radius 2 is 2.08 bits per heavy atom. The average Bonchev–Trinajstić information content (AvgIpc) is 2.15. The molecule has 1 fully saturated rings. The van der Waals surface area contributed by atoms with Gasteiger partial charge in [0.15, 0.2) is 0 Å². The van der Waals surface area contributed by atoms with Crippen LogP contribution in [0.2, 0.25) is 0 Å². The molecule has 1 aliphatic rings. The lowest BCUT2D eigenvalue weighted by Gasteiger charge is -2.29. The fourth-order valence-corrected chi connectivity index (χ4v) is 2.83. The SMILES string of the molecule is CC#CCN(C)C1CCS(=O)CC1. The van der Waals surface area contributed by atoms with Crippen LogP contribution in [0.4, 0.5) is 0 Å². The summed E-state index contributed by atoms with van der Waals surface area (Å²) in [7, 11) is 1.55. The molecule has 1 rings (SSSR count). The minimum atomic E-state index is -0.546. The molecule has 0 bridgehead atoms. The van der Waals surface area contributed by atoms with E-state index in [0.29, 0.717) is 6.04 Å². The van der Waals surface area contributed by atoms with Crippen molar-refractivity contribution in [3.8, 4) is 11.8 Å². The van der Waals surface area contributed by atoms with E-state index in [1.165, 1.54) is 0 Å². The molecule has 0 N–H and O–H groups in total. The van der Waals surface area contributed by atoms with Crippen LogP contribution in [-0.4, -0.2) is 40.2 Å². The highest BCUT2D eigenvalue weighted by atomic mass is 32.2. The van der Waals surface area contributed by atoms with Gasteiger partial charge in [0, 0.05) is 28.3 Å². The van der Waals surface area contributed by atoms with Gasteiger partial charge in [0.1, 0.15) is 0 Å². The van der Waals surface area contributed by atoms with E-state index in [9.17, 15) is 4.21 Å². The minimum Gasteiger partial charge on any atom is -0.292 e. The fourth-order valence-electron chi connectivity index (χ4n) is 1.55. The zero-order valence-corrected chi connectivity index (χ0v) is 9.19. The van der Waals surface area contributed by atoms with Gasteiger partial charge in [-0.25, -0.2) is 0 Å². The van der Waals surface area contributed by atoms with Crippen molar-refractivity contribution in [1.29, 1.82) is 0 Å². The summed E-state index contributed by atoms with van der Waals surface area (Å²) in [5.41, 5.74) is 0. The Labute approximate surface area is 83.2 Å². The van der Waals surface area contributed by atoms with Crippen molar-refractivity contribution >= 4 is 10.8 Å². The van der Waals surface area contributed by atoms with Crippen LogP contribution in [0.1, 0.15) is 19.8 Å². The van der Waals surface area contributed by atoms with Crippen molar-refractivity contribution in [1.82, 2.24) is 4.90 Å². The molecule has 0 unspecified atom stereocenters. The van der Waals surface area contributed by atoms with E-state index in [2.05, 4.69) is 23.8 Å². The summed E-state index contributed by atoms with van der Waals surface area (Å²) in [6.07, 6.45) is 2.13. The molecular formula is C10H17NOS. The first kappa shape index (κ1) is 10.7. The maximum Gasteiger partial charge on any atom is 0.0601 e. The van der Waals surface area contributed by atoms with Gasteiger partial charge in [0.25, 0.3) is 0 Å². The van der Waals surface area contributed by atoms with Gasteiger partial charge in [-0.1, -0.05) is 5.92 Å². The molecule has 0 spiro atoms.